The van der Waals surface area contributed by atoms with Gasteiger partial charge in [-0.05, 0) is 190 Å². The smallest absolute Gasteiger partial charge is 0.399 e. The van der Waals surface area contributed by atoms with Crippen LogP contribution in [0, 0.1) is 0 Å². The first-order valence-electron chi connectivity index (χ1n) is 39.1. The minimum Gasteiger partial charge on any atom is -0.399 e. The second-order valence-corrected chi connectivity index (χ2v) is 31.6. The molecule has 1 aliphatic heterocycles. The summed E-state index contributed by atoms with van der Waals surface area (Å²) in [5, 5.41) is 15.4. The molecule has 0 atom stereocenters. The molecule has 20 aromatic rings. The summed E-state index contributed by atoms with van der Waals surface area (Å²) >= 11 is 19.5. The molecule has 554 valence electrons. The van der Waals surface area contributed by atoms with Crippen molar-refractivity contribution in [3.8, 4) is 100 Å². The van der Waals surface area contributed by atoms with Gasteiger partial charge in [0.25, 0.3) is 0 Å². The van der Waals surface area contributed by atoms with Crippen LogP contribution < -0.4 is 5.46 Å². The lowest BCUT2D eigenvalue weighted by atomic mass is 9.78. The molecule has 10 heteroatoms. The number of aromatic nitrogens is 4. The van der Waals surface area contributed by atoms with Gasteiger partial charge in [-0.1, -0.05) is 387 Å². The molecule has 0 amide bonds. The van der Waals surface area contributed by atoms with Crippen LogP contribution in [0.25, 0.3) is 187 Å². The lowest BCUT2D eigenvalue weighted by Gasteiger charge is -2.32. The summed E-state index contributed by atoms with van der Waals surface area (Å²) in [6.45, 7) is 8.36. The molecule has 1 saturated heterocycles. The fourth-order valence-electron chi connectivity index (χ4n) is 16.7. The van der Waals surface area contributed by atoms with Gasteiger partial charge in [0.1, 0.15) is 15.5 Å². The van der Waals surface area contributed by atoms with Crippen LogP contribution in [0.2, 0.25) is 15.5 Å². The van der Waals surface area contributed by atoms with Crippen LogP contribution in [0.15, 0.2) is 376 Å². The summed E-state index contributed by atoms with van der Waals surface area (Å²) in [4.78, 5) is 19.5. The van der Waals surface area contributed by atoms with Gasteiger partial charge in [0.15, 0.2) is 0 Å². The summed E-state index contributed by atoms with van der Waals surface area (Å²) in [5.74, 6) is 0. The van der Waals surface area contributed by atoms with Gasteiger partial charge in [0, 0.05) is 27.1 Å². The van der Waals surface area contributed by atoms with Crippen molar-refractivity contribution in [1.82, 2.24) is 19.9 Å². The van der Waals surface area contributed by atoms with Crippen LogP contribution >= 0.6 is 34.8 Å². The van der Waals surface area contributed by atoms with Crippen molar-refractivity contribution in [3.05, 3.63) is 392 Å². The number of nitrogens with zero attached hydrogens (tertiary/aromatic N) is 4. The number of halogens is 3. The van der Waals surface area contributed by atoms with Crippen molar-refractivity contribution in [3.63, 3.8) is 0 Å². The predicted octanol–water partition coefficient (Wildman–Crippen LogP) is 29.1. The van der Waals surface area contributed by atoms with Crippen molar-refractivity contribution >= 4 is 134 Å². The Morgan fingerprint density at radius 3 is 0.707 bits per heavy atom. The zero-order valence-corrected chi connectivity index (χ0v) is 66.4. The van der Waals surface area contributed by atoms with Crippen LogP contribution in [-0.2, 0) is 9.31 Å². The molecule has 4 aromatic heterocycles. The van der Waals surface area contributed by atoms with Gasteiger partial charge in [-0.15, -0.1) is 0 Å². The Bertz CT molecular complexity index is 6910. The summed E-state index contributed by atoms with van der Waals surface area (Å²) in [6, 6.07) is 132. The fourth-order valence-corrected chi connectivity index (χ4v) is 17.3. The molecule has 16 aromatic carbocycles. The second-order valence-electron chi connectivity index (χ2n) is 30.4. The highest BCUT2D eigenvalue weighted by Gasteiger charge is 2.51. The molecular weight excluding hydrogens is 1480 g/mol. The van der Waals surface area contributed by atoms with E-state index in [0.29, 0.717) is 15.5 Å². The molecule has 0 saturated carbocycles. The van der Waals surface area contributed by atoms with E-state index in [2.05, 4.69) is 341 Å². The van der Waals surface area contributed by atoms with Gasteiger partial charge < -0.3 is 9.31 Å². The number of benzene rings is 16. The van der Waals surface area contributed by atoms with Crippen LogP contribution in [0.4, 0.5) is 0 Å². The van der Waals surface area contributed by atoms with Gasteiger partial charge in [-0.3, -0.25) is 0 Å². The fraction of sp³-hybridized carbons (Fsp3) is 0.0566. The van der Waals surface area contributed by atoms with Crippen molar-refractivity contribution in [2.75, 3.05) is 0 Å². The SMILES string of the molecule is CC1(C)OB(c2ccc(-c3c4ccccc4c(-c4ccccc4)c4ccccc34)cc2)OC1(C)C.Clc1cc(-c2ccccc2)c2ccc3c(-c4ccccc4)cc(-c4ccc(-c5c6ccccc6c(-c6ccccc6)c6ccccc56)cc4)nc3c2n1.Clc1cc(-c2ccccc2)c2ccc3c(-c4ccccc4)cc(Cl)nc3c2n1. The maximum Gasteiger partial charge on any atom is 0.494 e. The van der Waals surface area contributed by atoms with E-state index < -0.39 is 0 Å². The first kappa shape index (κ1) is 73.2. The van der Waals surface area contributed by atoms with E-state index in [1.54, 1.807) is 0 Å². The molecule has 1 aliphatic rings. The highest BCUT2D eigenvalue weighted by atomic mass is 35.5. The van der Waals surface area contributed by atoms with E-state index >= 15 is 0 Å². The third kappa shape index (κ3) is 13.7. The molecule has 0 spiro atoms. The molecule has 0 N–H and O–H groups in total. The zero-order valence-electron chi connectivity index (χ0n) is 64.1. The molecular formula is C106H74BCl3N4O2. The average Bonchev–Trinajstić information content (AvgIpc) is 0.789. The average molecular weight is 1550 g/mol. The predicted molar refractivity (Wildman–Crippen MR) is 490 cm³/mol. The molecule has 21 rings (SSSR count). The number of hydrogen-bond donors (Lipinski definition) is 0. The van der Waals surface area contributed by atoms with E-state index in [-0.39, 0.29) is 18.3 Å². The Kier molecular flexibility index (Phi) is 19.4. The minimum atomic E-state index is -0.358. The van der Waals surface area contributed by atoms with Crippen LogP contribution in [0.5, 0.6) is 0 Å². The maximum atomic E-state index is 6.75. The molecule has 0 bridgehead atoms. The number of rotatable bonds is 10. The summed E-state index contributed by atoms with van der Waals surface area (Å²) in [5.41, 5.74) is 23.8. The Labute approximate surface area is 689 Å². The minimum absolute atomic E-state index is 0.351. The van der Waals surface area contributed by atoms with Crippen LogP contribution in [0.3, 0.4) is 0 Å². The molecule has 0 aliphatic carbocycles. The van der Waals surface area contributed by atoms with Gasteiger partial charge in [-0.25, -0.2) is 19.9 Å². The Morgan fingerprint density at radius 1 is 0.216 bits per heavy atom. The monoisotopic (exact) mass is 1550 g/mol. The third-order valence-electron chi connectivity index (χ3n) is 22.9. The molecule has 0 unspecified atom stereocenters. The van der Waals surface area contributed by atoms with Crippen molar-refractivity contribution in [2.45, 2.75) is 38.9 Å². The van der Waals surface area contributed by atoms with Gasteiger partial charge in [0.05, 0.1) is 39.0 Å². The van der Waals surface area contributed by atoms with Gasteiger partial charge in [-0.2, -0.15) is 0 Å². The highest BCUT2D eigenvalue weighted by Crippen LogP contribution is 2.48. The van der Waals surface area contributed by atoms with Crippen molar-refractivity contribution in [1.29, 1.82) is 0 Å². The maximum absolute atomic E-state index is 6.75. The van der Waals surface area contributed by atoms with Gasteiger partial charge in [0.2, 0.25) is 0 Å². The lowest BCUT2D eigenvalue weighted by Crippen LogP contribution is -2.41. The summed E-state index contributed by atoms with van der Waals surface area (Å²) in [7, 11) is -0.358. The van der Waals surface area contributed by atoms with Crippen LogP contribution in [0.1, 0.15) is 27.7 Å². The molecule has 5 heterocycles. The second kappa shape index (κ2) is 30.8. The largest absolute Gasteiger partial charge is 0.494 e. The molecule has 0 radical (unpaired) electrons. The van der Waals surface area contributed by atoms with E-state index in [0.717, 1.165) is 110 Å². The number of fused-ring (bicyclic) bond motifs is 10. The zero-order chi connectivity index (χ0) is 78.6. The van der Waals surface area contributed by atoms with E-state index in [9.17, 15) is 0 Å². The van der Waals surface area contributed by atoms with E-state index in [1.165, 1.54) is 82.0 Å². The van der Waals surface area contributed by atoms with Crippen molar-refractivity contribution < 1.29 is 9.31 Å². The number of hydrogen-bond acceptors (Lipinski definition) is 6. The molecule has 1 fully saturated rings. The van der Waals surface area contributed by atoms with Gasteiger partial charge >= 0.3 is 7.12 Å². The lowest BCUT2D eigenvalue weighted by molar-refractivity contribution is 0.00578. The van der Waals surface area contributed by atoms with E-state index in [1.807, 2.05) is 72.8 Å². The Morgan fingerprint density at radius 2 is 0.431 bits per heavy atom. The first-order valence-corrected chi connectivity index (χ1v) is 40.2. The highest BCUT2D eigenvalue weighted by molar-refractivity contribution is 6.62. The quantitative estimate of drug-likeness (QED) is 0.0588. The molecule has 116 heavy (non-hydrogen) atoms. The summed E-state index contributed by atoms with van der Waals surface area (Å²) in [6.07, 6.45) is 0. The van der Waals surface area contributed by atoms with Crippen molar-refractivity contribution in [2.24, 2.45) is 0 Å². The summed E-state index contributed by atoms with van der Waals surface area (Å²) < 4.78 is 12.6. The third-order valence-corrected chi connectivity index (χ3v) is 23.5. The normalized spacial score (nSPS) is 13.0. The van der Waals surface area contributed by atoms with Crippen LogP contribution in [-0.4, -0.2) is 38.3 Å². The molecule has 6 nitrogen and oxygen atoms in total. The number of pyridine rings is 4. The van der Waals surface area contributed by atoms with E-state index in [4.69, 9.17) is 54.1 Å². The first-order chi connectivity index (χ1) is 56.8. The Balaban J connectivity index is 0.000000123. The topological polar surface area (TPSA) is 70.0 Å². The Hall–Kier alpha value is -12.9. The standard InChI is InChI=1S/C50H31ClN2.C32H29BO2.C24H14Cl2N2/c51-46-31-44(33-16-6-2-7-17-33)42-29-28-41-43(32-14-4-1-5-15-32)30-45(52-49(41)50(42)53-46)34-24-26-36(27-25-34)48-39-22-12-10-20-37(39)47(35-18-8-3-9-19-35)38-21-11-13-23-40(38)48;1-31(2)32(3,4)35-33(34-31)24-20-18-23(19-21-24)30-27-16-10-8-14-25(27)29(22-12-6-5-7-13-22)26-15-9-11-17-28(26)30;25-21-13-19(15-7-3-1-4-8-15)17-11-12-18-20(16-9-5-2-6-10-16)14-22(26)28-24(18)23(17)27-21/h1-31H;5-21H,1-4H3;1-14H.